The highest BCUT2D eigenvalue weighted by atomic mass is 127. The summed E-state index contributed by atoms with van der Waals surface area (Å²) in [6.45, 7) is -0.0465. The van der Waals surface area contributed by atoms with E-state index in [-0.39, 0.29) is 54.0 Å². The molecule has 1 aromatic heterocycles. The van der Waals surface area contributed by atoms with Gasteiger partial charge in [0.15, 0.2) is 11.7 Å². The lowest BCUT2D eigenvalue weighted by Crippen LogP contribution is -2.46. The summed E-state index contributed by atoms with van der Waals surface area (Å²) in [5, 5.41) is 9.64. The Bertz CT molecular complexity index is 689. The fourth-order valence-corrected chi connectivity index (χ4v) is 3.38. The second-order valence-electron chi connectivity index (χ2n) is 7.04. The number of aromatic nitrogens is 2. The molecule has 160 valence electrons. The summed E-state index contributed by atoms with van der Waals surface area (Å²) in [6.07, 6.45) is 0.177. The van der Waals surface area contributed by atoms with Gasteiger partial charge in [-0.25, -0.2) is 0 Å². The lowest BCUT2D eigenvalue weighted by molar-refractivity contribution is -0.142. The van der Waals surface area contributed by atoms with Crippen molar-refractivity contribution in [2.24, 2.45) is 18.0 Å². The van der Waals surface area contributed by atoms with Gasteiger partial charge in [0.2, 0.25) is 5.91 Å². The third-order valence-electron chi connectivity index (χ3n) is 4.65. The molecule has 2 atom stereocenters. The van der Waals surface area contributed by atoms with Crippen LogP contribution in [-0.2, 0) is 24.6 Å². The van der Waals surface area contributed by atoms with Gasteiger partial charge < -0.3 is 15.5 Å². The van der Waals surface area contributed by atoms with Crippen LogP contribution in [0.25, 0.3) is 0 Å². The van der Waals surface area contributed by atoms with E-state index in [1.54, 1.807) is 26.0 Å². The maximum atomic E-state index is 13.0. The predicted molar refractivity (Wildman–Crippen MR) is 111 cm³/mol. The van der Waals surface area contributed by atoms with Crippen molar-refractivity contribution >= 4 is 35.8 Å². The van der Waals surface area contributed by atoms with Crippen LogP contribution < -0.4 is 10.6 Å². The lowest BCUT2D eigenvalue weighted by Gasteiger charge is -2.31. The highest BCUT2D eigenvalue weighted by Gasteiger charge is 2.37. The van der Waals surface area contributed by atoms with E-state index in [4.69, 9.17) is 0 Å². The summed E-state index contributed by atoms with van der Waals surface area (Å²) in [4.78, 5) is 17.9. The van der Waals surface area contributed by atoms with Crippen LogP contribution >= 0.6 is 24.0 Å². The molecule has 0 bridgehead atoms. The fourth-order valence-electron chi connectivity index (χ4n) is 3.38. The number of guanidine groups is 1. The second-order valence-corrected chi connectivity index (χ2v) is 7.04. The molecule has 2 N–H and O–H groups in total. The topological polar surface area (TPSA) is 74.5 Å². The molecule has 0 radical (unpaired) electrons. The number of aryl methyl sites for hydroxylation is 1. The van der Waals surface area contributed by atoms with Crippen molar-refractivity contribution in [3.8, 4) is 0 Å². The average molecular weight is 516 g/mol. The van der Waals surface area contributed by atoms with Crippen molar-refractivity contribution in [1.29, 1.82) is 0 Å². The number of nitrogens with zero attached hydrogens (tertiary/aromatic N) is 4. The number of hydrogen-bond acceptors (Lipinski definition) is 3. The van der Waals surface area contributed by atoms with Crippen molar-refractivity contribution in [3.05, 3.63) is 17.5 Å². The Morgan fingerprint density at radius 1 is 1.39 bits per heavy atom. The quantitative estimate of drug-likeness (QED) is 0.366. The van der Waals surface area contributed by atoms with Crippen LogP contribution in [0.1, 0.15) is 36.9 Å². The molecule has 1 saturated carbocycles. The smallest absolute Gasteiger partial charge is 0.354 e. The summed E-state index contributed by atoms with van der Waals surface area (Å²) >= 11 is 0. The van der Waals surface area contributed by atoms with E-state index in [0.717, 1.165) is 23.9 Å². The maximum Gasteiger partial charge on any atom is 0.435 e. The first-order valence-electron chi connectivity index (χ1n) is 8.90. The Kier molecular flexibility index (Phi) is 9.02. The average Bonchev–Trinajstić information content (AvgIpc) is 2.99. The van der Waals surface area contributed by atoms with Gasteiger partial charge in [-0.15, -0.1) is 24.0 Å². The number of halogens is 4. The minimum absolute atomic E-state index is 0. The van der Waals surface area contributed by atoms with Crippen molar-refractivity contribution < 1.29 is 18.0 Å². The SMILES string of the molecule is CN=C(NCc1cn(C)nc1C(F)(F)F)NC1CCCC(C(=O)N(C)C)C1.I. The van der Waals surface area contributed by atoms with E-state index in [9.17, 15) is 18.0 Å². The van der Waals surface area contributed by atoms with Gasteiger partial charge in [-0.05, 0) is 19.3 Å². The highest BCUT2D eigenvalue weighted by Crippen LogP contribution is 2.30. The molecule has 28 heavy (non-hydrogen) atoms. The molecule has 0 aliphatic heterocycles. The fraction of sp³-hybridized carbons (Fsp3) is 0.706. The van der Waals surface area contributed by atoms with E-state index >= 15 is 0 Å². The van der Waals surface area contributed by atoms with Gasteiger partial charge >= 0.3 is 6.18 Å². The molecule has 1 aliphatic carbocycles. The number of nitrogens with one attached hydrogen (secondary N) is 2. The molecular formula is C17H28F3IN6O. The summed E-state index contributed by atoms with van der Waals surface area (Å²) in [6, 6.07) is 0.0508. The normalized spacial score (nSPS) is 20.3. The third-order valence-corrected chi connectivity index (χ3v) is 4.65. The first-order chi connectivity index (χ1) is 12.6. The molecule has 1 amide bonds. The van der Waals surface area contributed by atoms with Crippen LogP contribution in [0.3, 0.4) is 0 Å². The maximum absolute atomic E-state index is 13.0. The zero-order chi connectivity index (χ0) is 20.2. The Morgan fingerprint density at radius 2 is 2.07 bits per heavy atom. The first kappa shape index (κ1) is 24.5. The van der Waals surface area contributed by atoms with Crippen LogP contribution in [-0.4, -0.2) is 53.7 Å². The van der Waals surface area contributed by atoms with Crippen LogP contribution in [0.2, 0.25) is 0 Å². The van der Waals surface area contributed by atoms with E-state index in [1.807, 2.05) is 0 Å². The number of hydrogen-bond donors (Lipinski definition) is 2. The van der Waals surface area contributed by atoms with Gasteiger partial charge in [-0.3, -0.25) is 14.5 Å². The lowest BCUT2D eigenvalue weighted by atomic mass is 9.85. The predicted octanol–water partition coefficient (Wildman–Crippen LogP) is 2.37. The molecular weight excluding hydrogens is 488 g/mol. The second kappa shape index (κ2) is 10.3. The molecule has 0 saturated heterocycles. The Hall–Kier alpha value is -1.53. The van der Waals surface area contributed by atoms with Crippen LogP contribution in [0.5, 0.6) is 0 Å². The molecule has 2 rings (SSSR count). The van der Waals surface area contributed by atoms with E-state index in [2.05, 4.69) is 20.7 Å². The van der Waals surface area contributed by atoms with Crippen molar-refractivity contribution in [3.63, 3.8) is 0 Å². The van der Waals surface area contributed by atoms with Gasteiger partial charge in [0.05, 0.1) is 0 Å². The third kappa shape index (κ3) is 6.52. The first-order valence-corrected chi connectivity index (χ1v) is 8.90. The summed E-state index contributed by atoms with van der Waals surface area (Å²) in [5.41, 5.74) is -0.848. The summed E-state index contributed by atoms with van der Waals surface area (Å²) < 4.78 is 40.3. The number of rotatable bonds is 4. The molecule has 11 heteroatoms. The number of carbonyl (C=O) groups is 1. The molecule has 0 spiro atoms. The zero-order valence-corrected chi connectivity index (χ0v) is 18.8. The minimum atomic E-state index is -4.50. The summed E-state index contributed by atoms with van der Waals surface area (Å²) in [5.74, 6) is 0.476. The number of aliphatic imine (C=N–C) groups is 1. The van der Waals surface area contributed by atoms with Crippen LogP contribution in [0.15, 0.2) is 11.2 Å². The zero-order valence-electron chi connectivity index (χ0n) is 16.5. The standard InChI is InChI=1S/C17H27F3N6O.HI/c1-21-16(22-9-12-10-26(4)24-14(12)17(18,19)20)23-13-7-5-6-11(8-13)15(27)25(2)3;/h10-11,13H,5-9H2,1-4H3,(H2,21,22,23);1H. The number of amides is 1. The number of alkyl halides is 3. The van der Waals surface area contributed by atoms with Crippen molar-refractivity contribution in [2.45, 2.75) is 44.4 Å². The van der Waals surface area contributed by atoms with Crippen LogP contribution in [0.4, 0.5) is 13.2 Å². The Morgan fingerprint density at radius 3 is 2.64 bits per heavy atom. The largest absolute Gasteiger partial charge is 0.435 e. The Labute approximate surface area is 180 Å². The molecule has 1 aromatic rings. The minimum Gasteiger partial charge on any atom is -0.354 e. The van der Waals surface area contributed by atoms with E-state index in [1.165, 1.54) is 13.2 Å². The van der Waals surface area contributed by atoms with Crippen molar-refractivity contribution in [2.75, 3.05) is 21.1 Å². The molecule has 1 aliphatic rings. The van der Waals surface area contributed by atoms with Gasteiger partial charge in [-0.1, -0.05) is 6.42 Å². The van der Waals surface area contributed by atoms with Gasteiger partial charge in [0.25, 0.3) is 0 Å². The van der Waals surface area contributed by atoms with Gasteiger partial charge in [-0.2, -0.15) is 18.3 Å². The van der Waals surface area contributed by atoms with Crippen LogP contribution in [0, 0.1) is 5.92 Å². The molecule has 2 unspecified atom stereocenters. The number of carbonyl (C=O) groups excluding carboxylic acids is 1. The molecule has 0 aromatic carbocycles. The summed E-state index contributed by atoms with van der Waals surface area (Å²) in [7, 11) is 6.50. The highest BCUT2D eigenvalue weighted by molar-refractivity contribution is 14.0. The van der Waals surface area contributed by atoms with Gasteiger partial charge in [0.1, 0.15) is 0 Å². The van der Waals surface area contributed by atoms with Crippen molar-refractivity contribution in [1.82, 2.24) is 25.3 Å². The monoisotopic (exact) mass is 516 g/mol. The molecule has 7 nitrogen and oxygen atoms in total. The van der Waals surface area contributed by atoms with Gasteiger partial charge in [0, 0.05) is 58.5 Å². The molecule has 1 heterocycles. The Balaban J connectivity index is 0.00000392. The van der Waals surface area contributed by atoms with E-state index in [0.29, 0.717) is 12.4 Å². The van der Waals surface area contributed by atoms with E-state index < -0.39 is 11.9 Å². The molecule has 1 fully saturated rings.